The van der Waals surface area contributed by atoms with Gasteiger partial charge in [-0.1, -0.05) is 20.4 Å². The second-order valence-electron chi connectivity index (χ2n) is 5.42. The fourth-order valence-electron chi connectivity index (χ4n) is 2.09. The molecule has 0 aromatic rings. The van der Waals surface area contributed by atoms with E-state index in [4.69, 9.17) is 17.7 Å². The number of nitrogens with zero attached hydrogens (tertiary/aromatic N) is 1. The van der Waals surface area contributed by atoms with Gasteiger partial charge in [-0.2, -0.15) is 13.2 Å². The maximum absolute atomic E-state index is 10.8. The number of esters is 1. The van der Waals surface area contributed by atoms with Gasteiger partial charge >= 0.3 is 11.5 Å². The third-order valence-electron chi connectivity index (χ3n) is 3.06. The van der Waals surface area contributed by atoms with Gasteiger partial charge in [0.1, 0.15) is 0 Å². The number of hydrogen-bond donors (Lipinski definition) is 0. The number of halogens is 3. The highest BCUT2D eigenvalue weighted by molar-refractivity contribution is 7.86. The molecular weight excluding hydrogens is 351 g/mol. The minimum atomic E-state index is -6.09. The Balaban J connectivity index is 0. The molecule has 24 heavy (non-hydrogen) atoms. The highest BCUT2D eigenvalue weighted by Crippen LogP contribution is 2.20. The molecule has 0 fully saturated rings. The van der Waals surface area contributed by atoms with Crippen molar-refractivity contribution < 1.29 is 40.2 Å². The third kappa shape index (κ3) is 12.3. The fraction of sp³-hybridized carbons (Fsp3) is 0.786. The maximum atomic E-state index is 10.8. The molecule has 0 saturated carbocycles. The number of carbonyl (C=O) groups excluding carboxylic acids is 1. The van der Waals surface area contributed by atoms with Crippen LogP contribution < -0.4 is 0 Å². The highest BCUT2D eigenvalue weighted by Gasteiger charge is 2.36. The molecule has 0 spiro atoms. The first-order valence-electron chi connectivity index (χ1n) is 7.48. The molecule has 0 unspecified atom stereocenters. The summed E-state index contributed by atoms with van der Waals surface area (Å²) in [5.41, 5.74) is -5.65. The van der Waals surface area contributed by atoms with Crippen LogP contribution in [0, 0.1) is 0 Å². The van der Waals surface area contributed by atoms with Crippen molar-refractivity contribution in [1.29, 1.82) is 0 Å². The molecule has 0 heterocycles. The van der Waals surface area contributed by atoms with Crippen LogP contribution in [0.15, 0.2) is 12.7 Å². The van der Waals surface area contributed by atoms with Crippen molar-refractivity contribution in [3.8, 4) is 0 Å². The van der Waals surface area contributed by atoms with Crippen LogP contribution in [-0.4, -0.2) is 62.2 Å². The van der Waals surface area contributed by atoms with Crippen molar-refractivity contribution in [2.24, 2.45) is 0 Å². The summed E-state index contributed by atoms with van der Waals surface area (Å²) in [5, 5.41) is 0. The number of hydrogen-bond acceptors (Lipinski definition) is 5. The minimum Gasteiger partial charge on any atom is -0.741 e. The first-order valence-corrected chi connectivity index (χ1v) is 8.88. The molecule has 0 bridgehead atoms. The van der Waals surface area contributed by atoms with Gasteiger partial charge in [0, 0.05) is 12.5 Å². The maximum Gasteiger partial charge on any atom is 0.485 e. The summed E-state index contributed by atoms with van der Waals surface area (Å²) >= 11 is 0. The van der Waals surface area contributed by atoms with E-state index in [1.807, 2.05) is 0 Å². The average Bonchev–Trinajstić information content (AvgIpc) is 2.42. The largest absolute Gasteiger partial charge is 0.741 e. The van der Waals surface area contributed by atoms with Crippen molar-refractivity contribution in [1.82, 2.24) is 0 Å². The Labute approximate surface area is 141 Å². The first-order chi connectivity index (χ1) is 10.8. The number of alkyl halides is 3. The van der Waals surface area contributed by atoms with E-state index in [1.54, 1.807) is 0 Å². The van der Waals surface area contributed by atoms with E-state index in [9.17, 15) is 18.0 Å². The van der Waals surface area contributed by atoms with Gasteiger partial charge in [-0.3, -0.25) is 0 Å². The molecule has 144 valence electrons. The summed E-state index contributed by atoms with van der Waals surface area (Å²) in [7, 11) is -3.81. The number of carbonyl (C=O) groups is 1. The van der Waals surface area contributed by atoms with Gasteiger partial charge in [0.05, 0.1) is 33.3 Å². The van der Waals surface area contributed by atoms with Crippen LogP contribution in [0.5, 0.6) is 0 Å². The zero-order valence-corrected chi connectivity index (χ0v) is 15.1. The van der Waals surface area contributed by atoms with E-state index in [-0.39, 0.29) is 5.97 Å². The van der Waals surface area contributed by atoms with Gasteiger partial charge in [-0.15, -0.1) is 0 Å². The predicted molar refractivity (Wildman–Crippen MR) is 82.9 cm³/mol. The SMILES string of the molecule is C=CC(=O)OCCC[N+](C)(CCC)CCC.O=S(=O)([O-])C(F)(F)F. The lowest BCUT2D eigenvalue weighted by atomic mass is 10.2. The van der Waals surface area contributed by atoms with Crippen LogP contribution >= 0.6 is 0 Å². The van der Waals surface area contributed by atoms with Gasteiger partial charge in [0.25, 0.3) is 0 Å². The first kappa shape index (κ1) is 25.1. The van der Waals surface area contributed by atoms with Crippen LogP contribution in [0.25, 0.3) is 0 Å². The lowest BCUT2D eigenvalue weighted by molar-refractivity contribution is -0.909. The quantitative estimate of drug-likeness (QED) is 0.154. The molecule has 0 N–H and O–H groups in total. The predicted octanol–water partition coefficient (Wildman–Crippen LogP) is 2.42. The lowest BCUT2D eigenvalue weighted by Gasteiger charge is -2.34. The summed E-state index contributed by atoms with van der Waals surface area (Å²) < 4.78 is 65.0. The third-order valence-corrected chi connectivity index (χ3v) is 3.63. The fourth-order valence-corrected chi connectivity index (χ4v) is 2.09. The summed E-state index contributed by atoms with van der Waals surface area (Å²) in [6.07, 6.45) is 4.54. The van der Waals surface area contributed by atoms with Crippen molar-refractivity contribution in [3.05, 3.63) is 12.7 Å². The van der Waals surface area contributed by atoms with Crippen molar-refractivity contribution in [2.75, 3.05) is 33.3 Å². The number of quaternary nitrogens is 1. The van der Waals surface area contributed by atoms with E-state index in [0.29, 0.717) is 6.61 Å². The Kier molecular flexibility index (Phi) is 12.0. The Morgan fingerprint density at radius 3 is 1.92 bits per heavy atom. The minimum absolute atomic E-state index is 0.319. The molecule has 0 aliphatic carbocycles. The molecule has 0 rings (SSSR count). The van der Waals surface area contributed by atoms with Gasteiger partial charge in [-0.05, 0) is 12.8 Å². The van der Waals surface area contributed by atoms with E-state index < -0.39 is 15.6 Å². The number of ether oxygens (including phenoxy) is 1. The van der Waals surface area contributed by atoms with Gasteiger partial charge in [-0.25, -0.2) is 13.2 Å². The normalized spacial score (nSPS) is 12.1. The molecule has 0 atom stereocenters. The average molecular weight is 377 g/mol. The molecule has 0 saturated heterocycles. The van der Waals surface area contributed by atoms with Crippen LogP contribution in [0.3, 0.4) is 0 Å². The topological polar surface area (TPSA) is 83.5 Å². The Hall–Kier alpha value is -1.13. The van der Waals surface area contributed by atoms with Crippen LogP contribution in [-0.2, 0) is 19.6 Å². The van der Waals surface area contributed by atoms with Gasteiger partial charge < -0.3 is 13.8 Å². The summed E-state index contributed by atoms with van der Waals surface area (Å²) in [6, 6.07) is 0. The monoisotopic (exact) mass is 377 g/mol. The molecule has 0 amide bonds. The molecule has 10 heteroatoms. The number of rotatable bonds is 9. The van der Waals surface area contributed by atoms with Crippen LogP contribution in [0.2, 0.25) is 0 Å². The highest BCUT2D eigenvalue weighted by atomic mass is 32.2. The zero-order chi connectivity index (χ0) is 19.4. The smallest absolute Gasteiger partial charge is 0.485 e. The van der Waals surface area contributed by atoms with Gasteiger partial charge in [0.2, 0.25) is 0 Å². The van der Waals surface area contributed by atoms with Crippen LogP contribution in [0.4, 0.5) is 13.2 Å². The Bertz CT molecular complexity index is 471. The van der Waals surface area contributed by atoms with Crippen molar-refractivity contribution in [3.63, 3.8) is 0 Å². The Morgan fingerprint density at radius 1 is 1.21 bits per heavy atom. The molecule has 0 aromatic heterocycles. The molecule has 0 aliphatic heterocycles. The zero-order valence-electron chi connectivity index (χ0n) is 14.3. The Morgan fingerprint density at radius 2 is 1.62 bits per heavy atom. The summed E-state index contributed by atoms with van der Waals surface area (Å²) in [4.78, 5) is 10.8. The van der Waals surface area contributed by atoms with E-state index in [0.717, 1.165) is 17.4 Å². The molecular formula is C14H26F3NO5S. The second-order valence-corrected chi connectivity index (χ2v) is 6.79. The standard InChI is InChI=1S/C13H26NO2.CHF3O3S/c1-5-9-14(4,10-6-2)11-8-12-16-13(15)7-3;2-1(3,4)8(5,6)7/h7H,3,5-6,8-12H2,1-2,4H3;(H,5,6,7)/q+1;/p-1. The van der Waals surface area contributed by atoms with Crippen molar-refractivity contribution in [2.45, 2.75) is 38.6 Å². The second kappa shape index (κ2) is 11.4. The van der Waals surface area contributed by atoms with Crippen molar-refractivity contribution >= 4 is 16.1 Å². The molecule has 0 aliphatic rings. The summed E-state index contributed by atoms with van der Waals surface area (Å²) in [5.74, 6) is -0.319. The molecule has 0 aromatic carbocycles. The molecule has 0 radical (unpaired) electrons. The van der Waals surface area contributed by atoms with E-state index >= 15 is 0 Å². The summed E-state index contributed by atoms with van der Waals surface area (Å²) in [6.45, 7) is 11.8. The van der Waals surface area contributed by atoms with Gasteiger partial charge in [0.15, 0.2) is 10.1 Å². The molecule has 6 nitrogen and oxygen atoms in total. The lowest BCUT2D eigenvalue weighted by Crippen LogP contribution is -2.46. The van der Waals surface area contributed by atoms with E-state index in [1.165, 1.54) is 32.0 Å². The van der Waals surface area contributed by atoms with E-state index in [2.05, 4.69) is 27.5 Å². The van der Waals surface area contributed by atoms with Crippen LogP contribution in [0.1, 0.15) is 33.1 Å².